The molecule has 4 rings (SSSR count). The summed E-state index contributed by atoms with van der Waals surface area (Å²) in [7, 11) is 0. The van der Waals surface area contributed by atoms with Crippen LogP contribution in [0.2, 0.25) is 0 Å². The van der Waals surface area contributed by atoms with Crippen molar-refractivity contribution in [3.63, 3.8) is 0 Å². The summed E-state index contributed by atoms with van der Waals surface area (Å²) in [5.74, 6) is 0.114. The molecule has 2 heterocycles. The van der Waals surface area contributed by atoms with Gasteiger partial charge >= 0.3 is 0 Å². The van der Waals surface area contributed by atoms with Gasteiger partial charge in [-0.3, -0.25) is 14.2 Å². The van der Waals surface area contributed by atoms with E-state index in [9.17, 15) is 9.59 Å². The fourth-order valence-electron chi connectivity index (χ4n) is 3.32. The molecule has 174 valence electrons. The van der Waals surface area contributed by atoms with Crippen LogP contribution in [-0.2, 0) is 16.0 Å². The monoisotopic (exact) mass is 492 g/mol. The standard InChI is InChI=1S/C24H24N6O2S2/c1-15-9-10-19(16(2)13-15)26-21(31)14-20-28-29-24(30(20)18-7-5-4-6-8-18)34-17(3)22(32)27-23-25-11-12-33-23/h4-13,17H,14H2,1-3H3,(H,26,31)(H,25,27,32)/t17-/m1/s1. The molecule has 2 amide bonds. The van der Waals surface area contributed by atoms with Crippen molar-refractivity contribution in [1.29, 1.82) is 0 Å². The molecule has 0 aliphatic heterocycles. The van der Waals surface area contributed by atoms with Crippen LogP contribution in [-0.4, -0.2) is 36.8 Å². The van der Waals surface area contributed by atoms with Gasteiger partial charge in [0.1, 0.15) is 5.82 Å². The Bertz CT molecular complexity index is 1290. The second-order valence-electron chi connectivity index (χ2n) is 7.70. The molecule has 1 atom stereocenters. The van der Waals surface area contributed by atoms with E-state index in [2.05, 4.69) is 25.8 Å². The van der Waals surface area contributed by atoms with Gasteiger partial charge in [-0.1, -0.05) is 47.7 Å². The molecule has 2 N–H and O–H groups in total. The fourth-order valence-corrected chi connectivity index (χ4v) is 4.74. The second kappa shape index (κ2) is 10.6. The van der Waals surface area contributed by atoms with Gasteiger partial charge in [-0.15, -0.1) is 21.5 Å². The number of para-hydroxylation sites is 1. The van der Waals surface area contributed by atoms with Crippen LogP contribution in [0.4, 0.5) is 10.8 Å². The van der Waals surface area contributed by atoms with Gasteiger partial charge in [-0.2, -0.15) is 0 Å². The van der Waals surface area contributed by atoms with Crippen molar-refractivity contribution in [3.05, 3.63) is 77.1 Å². The molecule has 0 radical (unpaired) electrons. The zero-order valence-electron chi connectivity index (χ0n) is 19.0. The number of thioether (sulfide) groups is 1. The Balaban J connectivity index is 1.54. The molecule has 0 unspecified atom stereocenters. The lowest BCUT2D eigenvalue weighted by atomic mass is 10.1. The summed E-state index contributed by atoms with van der Waals surface area (Å²) in [6.07, 6.45) is 1.68. The minimum Gasteiger partial charge on any atom is -0.325 e. The van der Waals surface area contributed by atoms with Crippen LogP contribution in [0.1, 0.15) is 23.9 Å². The Kier molecular flexibility index (Phi) is 7.39. The Morgan fingerprint density at radius 2 is 1.88 bits per heavy atom. The Morgan fingerprint density at radius 3 is 2.59 bits per heavy atom. The number of anilines is 2. The molecule has 0 aliphatic carbocycles. The highest BCUT2D eigenvalue weighted by atomic mass is 32.2. The molecule has 4 aromatic rings. The first kappa shape index (κ1) is 23.7. The average molecular weight is 493 g/mol. The van der Waals surface area contributed by atoms with E-state index >= 15 is 0 Å². The van der Waals surface area contributed by atoms with Crippen LogP contribution in [0.15, 0.2) is 65.3 Å². The highest BCUT2D eigenvalue weighted by Crippen LogP contribution is 2.27. The van der Waals surface area contributed by atoms with Crippen molar-refractivity contribution in [3.8, 4) is 5.69 Å². The van der Waals surface area contributed by atoms with Crippen molar-refractivity contribution in [2.45, 2.75) is 37.6 Å². The summed E-state index contributed by atoms with van der Waals surface area (Å²) in [4.78, 5) is 29.6. The molecule has 2 aromatic heterocycles. The van der Waals surface area contributed by atoms with E-state index in [4.69, 9.17) is 0 Å². The Morgan fingerprint density at radius 1 is 1.09 bits per heavy atom. The summed E-state index contributed by atoms with van der Waals surface area (Å²) in [6.45, 7) is 5.77. The predicted octanol–water partition coefficient (Wildman–Crippen LogP) is 4.64. The van der Waals surface area contributed by atoms with E-state index < -0.39 is 5.25 Å². The predicted molar refractivity (Wildman–Crippen MR) is 136 cm³/mol. The van der Waals surface area contributed by atoms with E-state index in [1.54, 1.807) is 18.5 Å². The highest BCUT2D eigenvalue weighted by Gasteiger charge is 2.23. The first-order valence-electron chi connectivity index (χ1n) is 10.6. The summed E-state index contributed by atoms with van der Waals surface area (Å²) < 4.78 is 1.82. The van der Waals surface area contributed by atoms with Gasteiger partial charge in [0.2, 0.25) is 11.8 Å². The third kappa shape index (κ3) is 5.70. The first-order chi connectivity index (χ1) is 16.4. The largest absolute Gasteiger partial charge is 0.325 e. The molecule has 8 nitrogen and oxygen atoms in total. The van der Waals surface area contributed by atoms with Crippen molar-refractivity contribution in [1.82, 2.24) is 19.7 Å². The number of thiazole rings is 1. The molecule has 0 fully saturated rings. The maximum absolute atomic E-state index is 12.9. The van der Waals surface area contributed by atoms with E-state index in [0.717, 1.165) is 22.5 Å². The van der Waals surface area contributed by atoms with Gasteiger partial charge in [-0.05, 0) is 44.5 Å². The zero-order valence-corrected chi connectivity index (χ0v) is 20.6. The number of aromatic nitrogens is 4. The number of nitrogens with zero attached hydrogens (tertiary/aromatic N) is 4. The molecular weight excluding hydrogens is 468 g/mol. The van der Waals surface area contributed by atoms with Crippen LogP contribution in [0, 0.1) is 13.8 Å². The zero-order chi connectivity index (χ0) is 24.1. The van der Waals surface area contributed by atoms with Gasteiger partial charge < -0.3 is 10.6 Å². The lowest BCUT2D eigenvalue weighted by Gasteiger charge is -2.13. The van der Waals surface area contributed by atoms with Gasteiger partial charge in [0.15, 0.2) is 10.3 Å². The van der Waals surface area contributed by atoms with E-state index in [-0.39, 0.29) is 18.2 Å². The van der Waals surface area contributed by atoms with Gasteiger partial charge in [-0.25, -0.2) is 4.98 Å². The van der Waals surface area contributed by atoms with E-state index in [0.29, 0.717) is 16.1 Å². The third-order valence-electron chi connectivity index (χ3n) is 5.00. The van der Waals surface area contributed by atoms with Crippen LogP contribution in [0.3, 0.4) is 0 Å². The van der Waals surface area contributed by atoms with Gasteiger partial charge in [0, 0.05) is 23.0 Å². The van der Waals surface area contributed by atoms with E-state index in [1.165, 1.54) is 23.1 Å². The molecule has 0 bridgehead atoms. The smallest absolute Gasteiger partial charge is 0.239 e. The average Bonchev–Trinajstić information content (AvgIpc) is 3.46. The maximum Gasteiger partial charge on any atom is 0.239 e. The summed E-state index contributed by atoms with van der Waals surface area (Å²) in [6, 6.07) is 15.4. The molecule has 0 saturated heterocycles. The molecule has 2 aromatic carbocycles. The minimum atomic E-state index is -0.451. The number of nitrogens with one attached hydrogen (secondary N) is 2. The number of aryl methyl sites for hydroxylation is 2. The molecule has 34 heavy (non-hydrogen) atoms. The first-order valence-corrected chi connectivity index (χ1v) is 12.4. The maximum atomic E-state index is 12.9. The number of carbonyl (C=O) groups is 2. The number of benzene rings is 2. The third-order valence-corrected chi connectivity index (χ3v) is 6.73. The van der Waals surface area contributed by atoms with Crippen molar-refractivity contribution >= 4 is 45.7 Å². The number of hydrogen-bond donors (Lipinski definition) is 2. The highest BCUT2D eigenvalue weighted by molar-refractivity contribution is 8.00. The van der Waals surface area contributed by atoms with Crippen LogP contribution >= 0.6 is 23.1 Å². The summed E-state index contributed by atoms with van der Waals surface area (Å²) in [5, 5.41) is 16.8. The normalized spacial score (nSPS) is 11.7. The second-order valence-corrected chi connectivity index (χ2v) is 9.90. The molecule has 0 aliphatic rings. The van der Waals surface area contributed by atoms with Crippen molar-refractivity contribution in [2.24, 2.45) is 0 Å². The number of rotatable bonds is 8. The fraction of sp³-hybridized carbons (Fsp3) is 0.208. The van der Waals surface area contributed by atoms with Gasteiger partial charge in [0.25, 0.3) is 0 Å². The molecular formula is C24H24N6O2S2. The lowest BCUT2D eigenvalue weighted by Crippen LogP contribution is -2.23. The molecule has 10 heteroatoms. The van der Waals surface area contributed by atoms with Crippen molar-refractivity contribution < 1.29 is 9.59 Å². The SMILES string of the molecule is Cc1ccc(NC(=O)Cc2nnc(S[C@H](C)C(=O)Nc3nccs3)n2-c2ccccc2)c(C)c1. The van der Waals surface area contributed by atoms with E-state index in [1.807, 2.05) is 66.9 Å². The number of carbonyl (C=O) groups excluding carboxylic acids is 2. The van der Waals surface area contributed by atoms with Crippen LogP contribution < -0.4 is 10.6 Å². The lowest BCUT2D eigenvalue weighted by molar-refractivity contribution is -0.116. The Labute approximate surface area is 205 Å². The number of amides is 2. The Hall–Kier alpha value is -3.50. The molecule has 0 spiro atoms. The quantitative estimate of drug-likeness (QED) is 0.348. The summed E-state index contributed by atoms with van der Waals surface area (Å²) in [5.41, 5.74) is 3.71. The van der Waals surface area contributed by atoms with Crippen LogP contribution in [0.5, 0.6) is 0 Å². The van der Waals surface area contributed by atoms with Crippen LogP contribution in [0.25, 0.3) is 5.69 Å². The van der Waals surface area contributed by atoms with Crippen molar-refractivity contribution in [2.75, 3.05) is 10.6 Å². The molecule has 0 saturated carbocycles. The number of hydrogen-bond acceptors (Lipinski definition) is 7. The topological polar surface area (TPSA) is 102 Å². The van der Waals surface area contributed by atoms with Gasteiger partial charge in [0.05, 0.1) is 11.7 Å². The minimum absolute atomic E-state index is 0.0372. The summed E-state index contributed by atoms with van der Waals surface area (Å²) >= 11 is 2.63.